The molecule has 1 atom stereocenters. The van der Waals surface area contributed by atoms with Crippen LogP contribution in [0.3, 0.4) is 0 Å². The number of rotatable bonds is 9. The molecule has 0 saturated carbocycles. The first-order chi connectivity index (χ1) is 20.9. The molecule has 0 radical (unpaired) electrons. The van der Waals surface area contributed by atoms with Crippen LogP contribution >= 0.6 is 0 Å². The Hall–Kier alpha value is -4.53. The van der Waals surface area contributed by atoms with Crippen molar-refractivity contribution in [2.45, 2.75) is 39.5 Å². The van der Waals surface area contributed by atoms with Crippen LogP contribution in [0.5, 0.6) is 11.5 Å². The molecule has 0 aliphatic carbocycles. The number of hydrogen-bond donors (Lipinski definition) is 1. The lowest BCUT2D eigenvalue weighted by Crippen LogP contribution is -2.38. The molecule has 1 saturated heterocycles. The van der Waals surface area contributed by atoms with E-state index in [2.05, 4.69) is 17.1 Å². The fourth-order valence-corrected chi connectivity index (χ4v) is 5.82. The van der Waals surface area contributed by atoms with Gasteiger partial charge in [0.15, 0.2) is 11.5 Å². The molecule has 3 aromatic carbocycles. The van der Waals surface area contributed by atoms with E-state index in [1.165, 1.54) is 0 Å². The highest BCUT2D eigenvalue weighted by Gasteiger charge is 2.28. The van der Waals surface area contributed by atoms with E-state index in [4.69, 9.17) is 9.47 Å². The molecule has 3 amide bonds. The van der Waals surface area contributed by atoms with Crippen molar-refractivity contribution in [3.8, 4) is 11.5 Å². The molecule has 9 nitrogen and oxygen atoms in total. The molecular formula is C34H40N4O5. The second-order valence-corrected chi connectivity index (χ2v) is 10.8. The van der Waals surface area contributed by atoms with Crippen molar-refractivity contribution in [3.05, 3.63) is 83.4 Å². The minimum Gasteiger partial charge on any atom is -0.454 e. The number of amides is 3. The number of carbonyl (C=O) groups excluding carboxylic acids is 3. The van der Waals surface area contributed by atoms with Gasteiger partial charge in [-0.25, -0.2) is 0 Å². The minimum atomic E-state index is -0.305. The van der Waals surface area contributed by atoms with Gasteiger partial charge in [-0.15, -0.1) is 0 Å². The van der Waals surface area contributed by atoms with E-state index in [-0.39, 0.29) is 30.4 Å². The Labute approximate surface area is 253 Å². The maximum Gasteiger partial charge on any atom is 0.256 e. The summed E-state index contributed by atoms with van der Waals surface area (Å²) in [4.78, 5) is 46.4. The summed E-state index contributed by atoms with van der Waals surface area (Å²) in [7, 11) is 0. The first-order valence-electron chi connectivity index (χ1n) is 15.2. The number of fused-ring (bicyclic) bond motifs is 1. The number of ether oxygens (including phenoxy) is 2. The molecule has 3 aromatic rings. The van der Waals surface area contributed by atoms with Crippen LogP contribution < -0.4 is 19.7 Å². The largest absolute Gasteiger partial charge is 0.454 e. The predicted molar refractivity (Wildman–Crippen MR) is 167 cm³/mol. The first-order valence-corrected chi connectivity index (χ1v) is 15.2. The molecule has 1 fully saturated rings. The number of anilines is 2. The Balaban J connectivity index is 1.36. The van der Waals surface area contributed by atoms with Gasteiger partial charge in [-0.05, 0) is 68.7 Å². The average molecular weight is 585 g/mol. The van der Waals surface area contributed by atoms with Crippen molar-refractivity contribution in [2.75, 3.05) is 56.3 Å². The molecule has 1 N–H and O–H groups in total. The van der Waals surface area contributed by atoms with E-state index in [9.17, 15) is 14.4 Å². The first kappa shape index (κ1) is 29.9. The smallest absolute Gasteiger partial charge is 0.256 e. The van der Waals surface area contributed by atoms with Crippen molar-refractivity contribution in [2.24, 2.45) is 0 Å². The highest BCUT2D eigenvalue weighted by molar-refractivity contribution is 6.06. The Morgan fingerprint density at radius 1 is 0.860 bits per heavy atom. The number of hydrogen-bond acceptors (Lipinski definition) is 6. The zero-order valence-electron chi connectivity index (χ0n) is 25.2. The number of benzene rings is 3. The Morgan fingerprint density at radius 2 is 1.63 bits per heavy atom. The van der Waals surface area contributed by atoms with E-state index < -0.39 is 0 Å². The van der Waals surface area contributed by atoms with Crippen molar-refractivity contribution in [1.82, 2.24) is 9.80 Å². The molecule has 2 aliphatic rings. The standard InChI is InChI=1S/C34H40N4O5/c1-4-27(24-11-8-7-9-12-24)33(40)38-18-10-17-37(19-20-38)29-15-14-26(22-28(29)34(41)36(5-2)6-3)35-32(39)25-13-16-30-31(21-25)43-23-42-30/h7-9,11-16,21-22,27H,4-6,10,17-20,23H2,1-3H3,(H,35,39). The van der Waals surface area contributed by atoms with Gasteiger partial charge < -0.3 is 29.5 Å². The van der Waals surface area contributed by atoms with E-state index in [0.717, 1.165) is 24.1 Å². The number of nitrogens with zero attached hydrogens (tertiary/aromatic N) is 3. The van der Waals surface area contributed by atoms with E-state index >= 15 is 0 Å². The van der Waals surface area contributed by atoms with Crippen molar-refractivity contribution >= 4 is 29.1 Å². The summed E-state index contributed by atoms with van der Waals surface area (Å²) in [6, 6.07) is 20.5. The van der Waals surface area contributed by atoms with Gasteiger partial charge in [0, 0.05) is 56.2 Å². The molecule has 9 heteroatoms. The lowest BCUT2D eigenvalue weighted by atomic mass is 9.95. The van der Waals surface area contributed by atoms with Crippen LogP contribution in [0, 0.1) is 0 Å². The molecular weight excluding hydrogens is 544 g/mol. The quantitative estimate of drug-likeness (QED) is 0.363. The molecule has 2 heterocycles. The van der Waals surface area contributed by atoms with Gasteiger partial charge in [0.1, 0.15) is 0 Å². The van der Waals surface area contributed by atoms with Crippen LogP contribution in [0.1, 0.15) is 65.8 Å². The van der Waals surface area contributed by atoms with E-state index in [1.807, 2.05) is 61.2 Å². The lowest BCUT2D eigenvalue weighted by molar-refractivity contribution is -0.132. The molecule has 1 unspecified atom stereocenters. The molecule has 0 spiro atoms. The Kier molecular flexibility index (Phi) is 9.49. The topological polar surface area (TPSA) is 91.4 Å². The normalized spacial score (nSPS) is 15.0. The highest BCUT2D eigenvalue weighted by Crippen LogP contribution is 2.33. The molecule has 0 bridgehead atoms. The summed E-state index contributed by atoms with van der Waals surface area (Å²) in [5, 5.41) is 2.94. The maximum absolute atomic E-state index is 13.7. The van der Waals surface area contributed by atoms with Gasteiger partial charge >= 0.3 is 0 Å². The van der Waals surface area contributed by atoms with Crippen LogP contribution in [0.4, 0.5) is 11.4 Å². The van der Waals surface area contributed by atoms with Crippen molar-refractivity contribution in [3.63, 3.8) is 0 Å². The van der Waals surface area contributed by atoms with Crippen LogP contribution in [0.25, 0.3) is 0 Å². The maximum atomic E-state index is 13.7. The third-order valence-corrected chi connectivity index (χ3v) is 8.23. The average Bonchev–Trinajstić information content (AvgIpc) is 3.37. The summed E-state index contributed by atoms with van der Waals surface area (Å²) in [5.74, 6) is 0.725. The third kappa shape index (κ3) is 6.61. The van der Waals surface area contributed by atoms with Crippen molar-refractivity contribution in [1.29, 1.82) is 0 Å². The molecule has 43 heavy (non-hydrogen) atoms. The summed E-state index contributed by atoms with van der Waals surface area (Å²) >= 11 is 0. The van der Waals surface area contributed by atoms with Crippen LogP contribution in [-0.4, -0.2) is 73.6 Å². The van der Waals surface area contributed by atoms with Gasteiger partial charge in [-0.3, -0.25) is 14.4 Å². The zero-order valence-corrected chi connectivity index (χ0v) is 25.2. The van der Waals surface area contributed by atoms with Crippen LogP contribution in [-0.2, 0) is 4.79 Å². The monoisotopic (exact) mass is 584 g/mol. The highest BCUT2D eigenvalue weighted by atomic mass is 16.7. The van der Waals surface area contributed by atoms with Gasteiger partial charge in [0.2, 0.25) is 12.7 Å². The Morgan fingerprint density at radius 3 is 2.37 bits per heavy atom. The SMILES string of the molecule is CCC(C(=O)N1CCCN(c2ccc(NC(=O)c3ccc4c(c3)OCO4)cc2C(=O)N(CC)CC)CC1)c1ccccc1. The van der Waals surface area contributed by atoms with Crippen LogP contribution in [0.15, 0.2) is 66.7 Å². The van der Waals surface area contributed by atoms with Gasteiger partial charge in [0.25, 0.3) is 11.8 Å². The van der Waals surface area contributed by atoms with E-state index in [1.54, 1.807) is 29.2 Å². The minimum absolute atomic E-state index is 0.0912. The Bertz CT molecular complexity index is 1460. The van der Waals surface area contributed by atoms with Gasteiger partial charge in [-0.2, -0.15) is 0 Å². The second kappa shape index (κ2) is 13.6. The van der Waals surface area contributed by atoms with Gasteiger partial charge in [0.05, 0.1) is 11.5 Å². The lowest BCUT2D eigenvalue weighted by Gasteiger charge is -2.29. The van der Waals surface area contributed by atoms with E-state index in [0.29, 0.717) is 67.6 Å². The summed E-state index contributed by atoms with van der Waals surface area (Å²) < 4.78 is 10.8. The summed E-state index contributed by atoms with van der Waals surface area (Å²) in [6.07, 6.45) is 1.53. The molecule has 0 aromatic heterocycles. The fraction of sp³-hybridized carbons (Fsp3) is 0.382. The van der Waals surface area contributed by atoms with Crippen molar-refractivity contribution < 1.29 is 23.9 Å². The van der Waals surface area contributed by atoms with Crippen LogP contribution in [0.2, 0.25) is 0 Å². The number of nitrogens with one attached hydrogen (secondary N) is 1. The molecule has 2 aliphatic heterocycles. The van der Waals surface area contributed by atoms with Gasteiger partial charge in [-0.1, -0.05) is 37.3 Å². The summed E-state index contributed by atoms with van der Waals surface area (Å²) in [6.45, 7) is 9.81. The fourth-order valence-electron chi connectivity index (χ4n) is 5.82. The molecule has 5 rings (SSSR count). The predicted octanol–water partition coefficient (Wildman–Crippen LogP) is 5.38. The molecule has 226 valence electrons. The second-order valence-electron chi connectivity index (χ2n) is 10.8. The summed E-state index contributed by atoms with van der Waals surface area (Å²) in [5.41, 5.74) is 3.34. The zero-order chi connectivity index (χ0) is 30.3. The third-order valence-electron chi connectivity index (χ3n) is 8.23. The number of carbonyl (C=O) groups is 3.